The zero-order valence-electron chi connectivity index (χ0n) is 4.64. The summed E-state index contributed by atoms with van der Waals surface area (Å²) in [5.74, 6) is 0. The Morgan fingerprint density at radius 2 is 2.43 bits per heavy atom. The molecule has 0 radical (unpaired) electrons. The third-order valence-corrected chi connectivity index (χ3v) is 1.08. The molecular weight excluding hydrogens is 110 g/mol. The number of hydrogen-bond donors (Lipinski definition) is 2. The molecule has 0 rings (SSSR count). The third-order valence-electron chi connectivity index (χ3n) is 0.513. The Labute approximate surface area is 47.6 Å². The summed E-state index contributed by atoms with van der Waals surface area (Å²) in [5, 5.41) is 0.600. The second-order valence-corrected chi connectivity index (χ2v) is 1.88. The molecule has 2 nitrogen and oxygen atoms in total. The van der Waals surface area contributed by atoms with E-state index in [4.69, 9.17) is 10.5 Å². The van der Waals surface area contributed by atoms with Crippen LogP contribution in [0.3, 0.4) is 0 Å². The monoisotopic (exact) mass is 121 g/mol. The van der Waals surface area contributed by atoms with Gasteiger partial charge in [-0.15, -0.1) is 0 Å². The molecule has 0 saturated heterocycles. The summed E-state index contributed by atoms with van der Waals surface area (Å²) >= 11 is 1.02. The molecule has 2 N–H and O–H groups in total. The van der Waals surface area contributed by atoms with Gasteiger partial charge in [0.05, 0.1) is 6.61 Å². The average Bonchev–Trinajstić information content (AvgIpc) is 1.68. The van der Waals surface area contributed by atoms with Gasteiger partial charge in [0, 0.05) is 0 Å². The van der Waals surface area contributed by atoms with Gasteiger partial charge in [-0.25, -0.2) is 0 Å². The highest BCUT2D eigenvalue weighted by atomic mass is 32.1. The van der Waals surface area contributed by atoms with Crippen molar-refractivity contribution >= 4 is 16.5 Å². The Morgan fingerprint density at radius 3 is 2.57 bits per heavy atom. The molecule has 0 aliphatic carbocycles. The van der Waals surface area contributed by atoms with E-state index >= 15 is 0 Å². The van der Waals surface area contributed by atoms with Gasteiger partial charge in [0.25, 0.3) is 0 Å². The Balaban J connectivity index is 3.17. The van der Waals surface area contributed by atoms with Crippen molar-refractivity contribution in [2.45, 2.75) is 6.92 Å². The zero-order chi connectivity index (χ0) is 5.70. The highest BCUT2D eigenvalue weighted by Crippen LogP contribution is 1.78. The van der Waals surface area contributed by atoms with Crippen LogP contribution in [-0.4, -0.2) is 18.0 Å². The first-order valence-corrected chi connectivity index (χ1v) is 3.50. The van der Waals surface area contributed by atoms with E-state index in [1.54, 1.807) is 0 Å². The Morgan fingerprint density at radius 1 is 1.86 bits per heavy atom. The van der Waals surface area contributed by atoms with Gasteiger partial charge in [-0.05, 0) is 13.2 Å². The summed E-state index contributed by atoms with van der Waals surface area (Å²) in [6, 6.07) is 0. The van der Waals surface area contributed by atoms with Crippen molar-refractivity contribution in [3.8, 4) is 0 Å². The van der Waals surface area contributed by atoms with Crippen molar-refractivity contribution in [1.29, 1.82) is 0 Å². The summed E-state index contributed by atoms with van der Waals surface area (Å²) in [6.45, 7) is 2.59. The minimum atomic E-state index is 0.600. The molecule has 0 unspecified atom stereocenters. The van der Waals surface area contributed by atoms with Gasteiger partial charge < -0.3 is 4.74 Å². The highest BCUT2D eigenvalue weighted by molar-refractivity contribution is 7.97. The van der Waals surface area contributed by atoms with Crippen LogP contribution in [0.5, 0.6) is 0 Å². The maximum atomic E-state index is 5.27. The Hall–Kier alpha value is 0.140. The largest absolute Gasteiger partial charge is 0.331 e. The molecule has 0 bridgehead atoms. The summed E-state index contributed by atoms with van der Waals surface area (Å²) in [7, 11) is 0. The lowest BCUT2D eigenvalue weighted by Crippen LogP contribution is -2.13. The molecule has 0 saturated carbocycles. The van der Waals surface area contributed by atoms with Gasteiger partial charge in [0.15, 0.2) is 0 Å². The topological polar surface area (TPSA) is 35.2 Å². The predicted molar refractivity (Wildman–Crippen MR) is 35.7 cm³/mol. The third kappa shape index (κ3) is 3.98. The minimum absolute atomic E-state index is 0.600. The van der Waals surface area contributed by atoms with Gasteiger partial charge >= 0.3 is 0 Å². The van der Waals surface area contributed by atoms with E-state index in [2.05, 4.69) is 0 Å². The quantitative estimate of drug-likeness (QED) is 0.383. The fourth-order valence-electron chi connectivity index (χ4n) is 0.212. The summed E-state index contributed by atoms with van der Waals surface area (Å²) < 4.78 is 4.87. The van der Waals surface area contributed by atoms with E-state index in [0.717, 1.165) is 11.4 Å². The van der Waals surface area contributed by atoms with Crippen LogP contribution in [0.1, 0.15) is 6.92 Å². The van der Waals surface area contributed by atoms with E-state index in [0.29, 0.717) is 11.8 Å². The van der Waals surface area contributed by atoms with Gasteiger partial charge in [0.1, 0.15) is 5.17 Å². The number of hydrogen-bond acceptors (Lipinski definition) is 1. The van der Waals surface area contributed by atoms with Crippen molar-refractivity contribution in [3.63, 3.8) is 0 Å². The van der Waals surface area contributed by atoms with E-state index in [1.807, 2.05) is 13.2 Å². The second kappa shape index (κ2) is 4.30. The lowest BCUT2D eigenvalue weighted by Gasteiger charge is -1.94. The Bertz CT molecular complexity index is 72.1. The van der Waals surface area contributed by atoms with Crippen molar-refractivity contribution in [2.24, 2.45) is 5.73 Å². The predicted octanol–water partition coefficient (Wildman–Crippen LogP) is 0.164. The van der Waals surface area contributed by atoms with E-state index in [9.17, 15) is 0 Å². The SMILES string of the molecule is CCO/C(N)=[SH]\C. The first kappa shape index (κ1) is 7.14. The van der Waals surface area contributed by atoms with Crippen LogP contribution < -0.4 is 5.73 Å². The molecule has 0 atom stereocenters. The van der Waals surface area contributed by atoms with Gasteiger partial charge in [0.2, 0.25) is 0 Å². The molecule has 0 spiro atoms. The molecule has 0 aromatic heterocycles. The zero-order valence-corrected chi connectivity index (χ0v) is 5.53. The molecule has 0 aliphatic heterocycles. The molecular formula is C4H11NOS. The molecule has 0 fully saturated rings. The fourth-order valence-corrected chi connectivity index (χ4v) is 0.471. The number of rotatable bonds is 1. The molecule has 3 heteroatoms. The molecule has 0 aromatic carbocycles. The lowest BCUT2D eigenvalue weighted by atomic mass is 10.9. The van der Waals surface area contributed by atoms with Crippen molar-refractivity contribution in [1.82, 2.24) is 0 Å². The van der Waals surface area contributed by atoms with Crippen molar-refractivity contribution in [2.75, 3.05) is 12.9 Å². The van der Waals surface area contributed by atoms with Gasteiger partial charge in [-0.2, -0.15) is 11.4 Å². The first-order valence-electron chi connectivity index (χ1n) is 2.16. The normalized spacial score (nSPS) is 13.3. The Kier molecular flexibility index (Phi) is 4.39. The summed E-state index contributed by atoms with van der Waals surface area (Å²) in [6.07, 6.45) is 1.94. The van der Waals surface area contributed by atoms with Crippen LogP contribution in [0.25, 0.3) is 0 Å². The smallest absolute Gasteiger partial charge is 0.139 e. The van der Waals surface area contributed by atoms with E-state index in [-0.39, 0.29) is 0 Å². The maximum Gasteiger partial charge on any atom is 0.139 e. The molecule has 7 heavy (non-hydrogen) atoms. The maximum absolute atomic E-state index is 5.27. The molecule has 0 amide bonds. The second-order valence-electron chi connectivity index (χ2n) is 0.995. The first-order chi connectivity index (χ1) is 3.31. The van der Waals surface area contributed by atoms with Crippen LogP contribution in [0.15, 0.2) is 0 Å². The van der Waals surface area contributed by atoms with Gasteiger partial charge in [-0.1, -0.05) is 0 Å². The minimum Gasteiger partial charge on any atom is -0.331 e. The summed E-state index contributed by atoms with van der Waals surface area (Å²) in [4.78, 5) is 0. The number of ether oxygens (including phenoxy) is 1. The molecule has 0 aromatic rings. The standard InChI is InChI=1S/C4H11NOS/c1-3-6-4(5)7-2/h7H,3,5H2,1-2H3. The molecule has 44 valence electrons. The van der Waals surface area contributed by atoms with Crippen LogP contribution in [0.4, 0.5) is 0 Å². The van der Waals surface area contributed by atoms with Crippen LogP contribution >= 0.6 is 11.4 Å². The summed E-state index contributed by atoms with van der Waals surface area (Å²) in [5.41, 5.74) is 5.27. The fraction of sp³-hybridized carbons (Fsp3) is 0.750. The average molecular weight is 121 g/mol. The van der Waals surface area contributed by atoms with Crippen molar-refractivity contribution in [3.05, 3.63) is 0 Å². The highest BCUT2D eigenvalue weighted by Gasteiger charge is 1.78. The van der Waals surface area contributed by atoms with Crippen LogP contribution in [0, 0.1) is 0 Å². The van der Waals surface area contributed by atoms with Crippen LogP contribution in [-0.2, 0) is 4.74 Å². The molecule has 0 aliphatic rings. The van der Waals surface area contributed by atoms with Crippen LogP contribution in [0.2, 0.25) is 0 Å². The van der Waals surface area contributed by atoms with E-state index < -0.39 is 0 Å². The van der Waals surface area contributed by atoms with Crippen molar-refractivity contribution < 1.29 is 4.74 Å². The number of thiol groups is 1. The van der Waals surface area contributed by atoms with E-state index in [1.165, 1.54) is 0 Å². The lowest BCUT2D eigenvalue weighted by molar-refractivity contribution is 0.331. The van der Waals surface area contributed by atoms with Gasteiger partial charge in [-0.3, -0.25) is 5.73 Å². The number of nitrogens with two attached hydrogens (primary N) is 1. The molecule has 0 heterocycles.